The highest BCUT2D eigenvalue weighted by Crippen LogP contribution is 2.15. The van der Waals surface area contributed by atoms with Crippen molar-refractivity contribution in [2.75, 3.05) is 7.05 Å². The molecule has 6 nitrogen and oxygen atoms in total. The number of hydrogen-bond acceptors (Lipinski definition) is 4. The van der Waals surface area contributed by atoms with Crippen molar-refractivity contribution in [3.05, 3.63) is 23.0 Å². The van der Waals surface area contributed by atoms with E-state index in [4.69, 9.17) is 10.8 Å². The third kappa shape index (κ3) is 2.22. The monoisotopic (exact) mass is 208 g/mol. The third-order valence-electron chi connectivity index (χ3n) is 1.89. The van der Waals surface area contributed by atoms with Gasteiger partial charge < -0.3 is 10.8 Å². The van der Waals surface area contributed by atoms with Crippen LogP contribution < -0.4 is 5.73 Å². The van der Waals surface area contributed by atoms with Crippen LogP contribution in [0, 0.1) is 0 Å². The van der Waals surface area contributed by atoms with Crippen LogP contribution in [0.1, 0.15) is 23.0 Å². The summed E-state index contributed by atoms with van der Waals surface area (Å²) < 4.78 is 0. The van der Waals surface area contributed by atoms with Crippen LogP contribution >= 0.6 is 0 Å². The molecule has 0 spiro atoms. The van der Waals surface area contributed by atoms with Crippen molar-refractivity contribution in [3.63, 3.8) is 0 Å². The molecule has 1 rings (SSSR count). The molecule has 4 N–H and O–H groups in total. The molecular formula is C9H12N4O2. The third-order valence-corrected chi connectivity index (χ3v) is 1.89. The van der Waals surface area contributed by atoms with Gasteiger partial charge in [-0.25, -0.2) is 4.79 Å². The van der Waals surface area contributed by atoms with E-state index in [-0.39, 0.29) is 5.69 Å². The molecule has 0 bridgehead atoms. The van der Waals surface area contributed by atoms with E-state index in [2.05, 4.69) is 15.2 Å². The number of rotatable bonds is 3. The number of aromatic carboxylic acids is 1. The number of allylic oxidation sites excluding steroid dienone is 1. The van der Waals surface area contributed by atoms with Gasteiger partial charge in [-0.2, -0.15) is 5.10 Å². The molecule has 0 aliphatic heterocycles. The molecule has 80 valence electrons. The number of H-pyrrole nitrogens is 1. The van der Waals surface area contributed by atoms with E-state index in [1.807, 2.05) is 0 Å². The molecule has 6 heteroatoms. The topological polar surface area (TPSA) is 104 Å². The Balaban J connectivity index is 3.22. The zero-order chi connectivity index (χ0) is 11.4. The number of aliphatic imine (C=N–C) groups is 1. The molecule has 0 saturated heterocycles. The number of carboxylic acids is 1. The van der Waals surface area contributed by atoms with Crippen molar-refractivity contribution in [2.45, 2.75) is 6.92 Å². The Morgan fingerprint density at radius 1 is 1.73 bits per heavy atom. The lowest BCUT2D eigenvalue weighted by Gasteiger charge is -2.01. The van der Waals surface area contributed by atoms with Crippen LogP contribution in [-0.4, -0.2) is 34.5 Å². The Bertz CT molecular complexity index is 431. The van der Waals surface area contributed by atoms with E-state index in [1.54, 1.807) is 20.2 Å². The second-order valence-corrected chi connectivity index (χ2v) is 2.95. The van der Waals surface area contributed by atoms with Gasteiger partial charge in [0.2, 0.25) is 0 Å². The summed E-state index contributed by atoms with van der Waals surface area (Å²) in [5, 5.41) is 14.8. The summed E-state index contributed by atoms with van der Waals surface area (Å²) in [6.45, 7) is 1.75. The van der Waals surface area contributed by atoms with Crippen LogP contribution in [0.4, 0.5) is 0 Å². The van der Waals surface area contributed by atoms with E-state index in [0.717, 1.165) is 0 Å². The average Bonchev–Trinajstić information content (AvgIpc) is 2.65. The van der Waals surface area contributed by atoms with E-state index in [9.17, 15) is 4.79 Å². The zero-order valence-electron chi connectivity index (χ0n) is 8.48. The van der Waals surface area contributed by atoms with Gasteiger partial charge in [-0.1, -0.05) is 0 Å². The van der Waals surface area contributed by atoms with Crippen molar-refractivity contribution < 1.29 is 9.90 Å². The first-order valence-corrected chi connectivity index (χ1v) is 4.23. The second kappa shape index (κ2) is 4.41. The fourth-order valence-electron chi connectivity index (χ4n) is 1.13. The highest BCUT2D eigenvalue weighted by molar-refractivity contribution is 5.96. The first-order valence-electron chi connectivity index (χ1n) is 4.23. The van der Waals surface area contributed by atoms with Crippen molar-refractivity contribution >= 4 is 17.9 Å². The van der Waals surface area contributed by atoms with Gasteiger partial charge in [-0.3, -0.25) is 10.1 Å². The summed E-state index contributed by atoms with van der Waals surface area (Å²) in [4.78, 5) is 14.6. The summed E-state index contributed by atoms with van der Waals surface area (Å²) in [7, 11) is 1.62. The molecule has 0 aromatic carbocycles. The lowest BCUT2D eigenvalue weighted by molar-refractivity contribution is 0.0690. The quantitative estimate of drug-likeness (QED) is 0.629. The molecule has 0 amide bonds. The van der Waals surface area contributed by atoms with E-state index in [0.29, 0.717) is 16.8 Å². The normalized spacial score (nSPS) is 12.9. The van der Waals surface area contributed by atoms with Crippen LogP contribution in [0.2, 0.25) is 0 Å². The number of nitrogens with zero attached hydrogens (tertiary/aromatic N) is 2. The molecule has 0 saturated carbocycles. The summed E-state index contributed by atoms with van der Waals surface area (Å²) in [6.07, 6.45) is 2.94. The van der Waals surface area contributed by atoms with Gasteiger partial charge in [0.25, 0.3) is 0 Å². The fourth-order valence-corrected chi connectivity index (χ4v) is 1.13. The van der Waals surface area contributed by atoms with Crippen molar-refractivity contribution in [1.29, 1.82) is 0 Å². The average molecular weight is 208 g/mol. The summed E-state index contributed by atoms with van der Waals surface area (Å²) in [6, 6.07) is 0. The number of carboxylic acid groups (broad SMARTS) is 1. The van der Waals surface area contributed by atoms with Gasteiger partial charge in [-0.05, 0) is 12.5 Å². The summed E-state index contributed by atoms with van der Waals surface area (Å²) >= 11 is 0. The predicted octanol–water partition coefficient (Wildman–Crippen LogP) is 0.498. The number of aromatic amines is 1. The van der Waals surface area contributed by atoms with Crippen molar-refractivity contribution in [3.8, 4) is 0 Å². The van der Waals surface area contributed by atoms with Crippen LogP contribution in [-0.2, 0) is 0 Å². The van der Waals surface area contributed by atoms with Gasteiger partial charge >= 0.3 is 5.97 Å². The summed E-state index contributed by atoms with van der Waals surface area (Å²) in [5.74, 6) is -1.09. The molecule has 0 atom stereocenters. The van der Waals surface area contributed by atoms with E-state index >= 15 is 0 Å². The van der Waals surface area contributed by atoms with E-state index < -0.39 is 5.97 Å². The molecule has 0 aliphatic rings. The number of nitrogens with two attached hydrogens (primary N) is 1. The molecule has 0 unspecified atom stereocenters. The molecular weight excluding hydrogens is 196 g/mol. The molecule has 1 heterocycles. The van der Waals surface area contributed by atoms with Crippen LogP contribution in [0.15, 0.2) is 16.8 Å². The van der Waals surface area contributed by atoms with Gasteiger partial charge in [-0.15, -0.1) is 0 Å². The Morgan fingerprint density at radius 2 is 2.40 bits per heavy atom. The molecule has 15 heavy (non-hydrogen) atoms. The summed E-state index contributed by atoms with van der Waals surface area (Å²) in [5.41, 5.74) is 7.18. The molecule has 1 aromatic rings. The highest BCUT2D eigenvalue weighted by atomic mass is 16.4. The first-order chi connectivity index (χ1) is 7.07. The molecule has 0 fully saturated rings. The number of hydrogen-bond donors (Lipinski definition) is 3. The molecule has 0 aliphatic carbocycles. The lowest BCUT2D eigenvalue weighted by Crippen LogP contribution is -2.07. The smallest absolute Gasteiger partial charge is 0.354 e. The maximum atomic E-state index is 10.8. The maximum Gasteiger partial charge on any atom is 0.354 e. The minimum absolute atomic E-state index is 0.0173. The Kier molecular flexibility index (Phi) is 3.22. The molecule has 0 radical (unpaired) electrons. The van der Waals surface area contributed by atoms with Crippen LogP contribution in [0.5, 0.6) is 0 Å². The fraction of sp³-hybridized carbons (Fsp3) is 0.222. The van der Waals surface area contributed by atoms with Gasteiger partial charge in [0.05, 0.1) is 11.8 Å². The van der Waals surface area contributed by atoms with Crippen LogP contribution in [0.25, 0.3) is 5.70 Å². The van der Waals surface area contributed by atoms with Crippen LogP contribution in [0.3, 0.4) is 0 Å². The van der Waals surface area contributed by atoms with Crippen molar-refractivity contribution in [2.24, 2.45) is 10.7 Å². The predicted molar refractivity (Wildman–Crippen MR) is 56.7 cm³/mol. The number of carbonyl (C=O) groups is 1. The second-order valence-electron chi connectivity index (χ2n) is 2.95. The SMILES string of the molecule is CN=CC(C)=C(N)c1cn[nH]c1C(=O)O. The molecule has 1 aromatic heterocycles. The number of aromatic nitrogens is 2. The Labute approximate surface area is 86.5 Å². The first kappa shape index (κ1) is 11.0. The Hall–Kier alpha value is -2.11. The minimum Gasteiger partial charge on any atom is -0.477 e. The Morgan fingerprint density at radius 3 is 2.93 bits per heavy atom. The zero-order valence-corrected chi connectivity index (χ0v) is 8.48. The largest absolute Gasteiger partial charge is 0.477 e. The highest BCUT2D eigenvalue weighted by Gasteiger charge is 2.14. The van der Waals surface area contributed by atoms with E-state index in [1.165, 1.54) is 6.20 Å². The minimum atomic E-state index is -1.09. The van der Waals surface area contributed by atoms with Gasteiger partial charge in [0.15, 0.2) is 5.69 Å². The number of nitrogens with one attached hydrogen (secondary N) is 1. The van der Waals surface area contributed by atoms with Crippen molar-refractivity contribution in [1.82, 2.24) is 10.2 Å². The standard InChI is InChI=1S/C9H12N4O2/c1-5(3-11-2)7(10)6-4-12-13-8(6)9(14)15/h3-4H,10H2,1-2H3,(H,12,13)(H,14,15). The van der Waals surface area contributed by atoms with Gasteiger partial charge in [0.1, 0.15) is 0 Å². The lowest BCUT2D eigenvalue weighted by atomic mass is 10.1. The van der Waals surface area contributed by atoms with Gasteiger partial charge in [0, 0.05) is 19.0 Å². The maximum absolute atomic E-state index is 10.8.